The van der Waals surface area contributed by atoms with E-state index < -0.39 is 0 Å². The van der Waals surface area contributed by atoms with Gasteiger partial charge in [-0.05, 0) is 32.8 Å². The molecule has 5 heteroatoms. The highest BCUT2D eigenvalue weighted by molar-refractivity contribution is 5.92. The minimum atomic E-state index is 0.0140. The number of ether oxygens (including phenoxy) is 1. The minimum absolute atomic E-state index is 0.0140. The molecule has 3 rings (SSSR count). The van der Waals surface area contributed by atoms with Crippen LogP contribution in [-0.4, -0.2) is 46.3 Å². The first-order valence-corrected chi connectivity index (χ1v) is 6.63. The average molecular weight is 249 g/mol. The molecular weight excluding hydrogens is 230 g/mol. The van der Waals surface area contributed by atoms with Crippen molar-refractivity contribution in [1.29, 1.82) is 0 Å². The van der Waals surface area contributed by atoms with Gasteiger partial charge in [-0.3, -0.25) is 9.89 Å². The maximum absolute atomic E-state index is 12.3. The Labute approximate surface area is 107 Å². The molecule has 2 atom stereocenters. The van der Waals surface area contributed by atoms with Crippen LogP contribution in [0.5, 0.6) is 0 Å². The van der Waals surface area contributed by atoms with E-state index in [1.54, 1.807) is 0 Å². The number of hydrogen-bond donors (Lipinski definition) is 1. The minimum Gasteiger partial charge on any atom is -0.372 e. The lowest BCUT2D eigenvalue weighted by Crippen LogP contribution is -2.48. The number of amides is 1. The van der Waals surface area contributed by atoms with Crippen molar-refractivity contribution in [3.63, 3.8) is 0 Å². The van der Waals surface area contributed by atoms with Crippen LogP contribution in [0.1, 0.15) is 48.8 Å². The van der Waals surface area contributed by atoms with Gasteiger partial charge in [-0.2, -0.15) is 5.10 Å². The highest BCUT2D eigenvalue weighted by atomic mass is 16.5. The SMILES string of the molecule is C[C@H]1CN(C(=O)c2cc(C3CC3)[nH]n2)C[C@H](C)O1. The van der Waals surface area contributed by atoms with Gasteiger partial charge in [0.2, 0.25) is 0 Å². The number of hydrogen-bond acceptors (Lipinski definition) is 3. The molecule has 1 aromatic rings. The van der Waals surface area contributed by atoms with Gasteiger partial charge in [0.25, 0.3) is 5.91 Å². The molecule has 2 fully saturated rings. The summed E-state index contributed by atoms with van der Waals surface area (Å²) < 4.78 is 5.63. The molecule has 1 amide bonds. The molecule has 0 radical (unpaired) electrons. The first kappa shape index (κ1) is 11.7. The predicted octanol–water partition coefficient (Wildman–Crippen LogP) is 1.54. The van der Waals surface area contributed by atoms with E-state index in [4.69, 9.17) is 4.74 Å². The number of nitrogens with zero attached hydrogens (tertiary/aromatic N) is 2. The molecule has 1 aliphatic heterocycles. The van der Waals surface area contributed by atoms with Gasteiger partial charge in [0.05, 0.1) is 12.2 Å². The van der Waals surface area contributed by atoms with E-state index in [1.807, 2.05) is 24.8 Å². The summed E-state index contributed by atoms with van der Waals surface area (Å²) in [7, 11) is 0. The summed E-state index contributed by atoms with van der Waals surface area (Å²) in [6.45, 7) is 5.29. The lowest BCUT2D eigenvalue weighted by Gasteiger charge is -2.34. The molecule has 18 heavy (non-hydrogen) atoms. The van der Waals surface area contributed by atoms with Crippen LogP contribution in [0, 0.1) is 0 Å². The van der Waals surface area contributed by atoms with E-state index >= 15 is 0 Å². The molecule has 0 bridgehead atoms. The van der Waals surface area contributed by atoms with E-state index in [9.17, 15) is 4.79 Å². The summed E-state index contributed by atoms with van der Waals surface area (Å²) >= 11 is 0. The third kappa shape index (κ3) is 2.27. The number of carbonyl (C=O) groups is 1. The van der Waals surface area contributed by atoms with Gasteiger partial charge >= 0.3 is 0 Å². The fourth-order valence-electron chi connectivity index (χ4n) is 2.56. The van der Waals surface area contributed by atoms with Crippen LogP contribution in [0.2, 0.25) is 0 Å². The maximum Gasteiger partial charge on any atom is 0.274 e. The zero-order chi connectivity index (χ0) is 12.7. The first-order chi connectivity index (χ1) is 8.63. The smallest absolute Gasteiger partial charge is 0.274 e. The molecule has 2 heterocycles. The molecule has 2 aliphatic rings. The van der Waals surface area contributed by atoms with E-state index in [1.165, 1.54) is 12.8 Å². The van der Waals surface area contributed by atoms with Gasteiger partial charge in [-0.15, -0.1) is 0 Å². The van der Waals surface area contributed by atoms with Crippen molar-refractivity contribution in [2.24, 2.45) is 0 Å². The Morgan fingerprint density at radius 1 is 1.39 bits per heavy atom. The largest absolute Gasteiger partial charge is 0.372 e. The van der Waals surface area contributed by atoms with Crippen LogP contribution in [0.4, 0.5) is 0 Å². The molecule has 0 aromatic carbocycles. The van der Waals surface area contributed by atoms with E-state index in [0.29, 0.717) is 24.7 Å². The Kier molecular flexibility index (Phi) is 2.86. The molecule has 1 aromatic heterocycles. The summed E-state index contributed by atoms with van der Waals surface area (Å²) in [6.07, 6.45) is 2.61. The van der Waals surface area contributed by atoms with E-state index in [0.717, 1.165) is 5.69 Å². The van der Waals surface area contributed by atoms with Gasteiger partial charge in [0, 0.05) is 24.7 Å². The summed E-state index contributed by atoms with van der Waals surface area (Å²) in [6, 6.07) is 1.91. The molecule has 0 spiro atoms. The number of aromatic nitrogens is 2. The van der Waals surface area contributed by atoms with Crippen molar-refractivity contribution in [1.82, 2.24) is 15.1 Å². The lowest BCUT2D eigenvalue weighted by atomic mass is 10.2. The number of rotatable bonds is 2. The molecule has 98 valence electrons. The zero-order valence-electron chi connectivity index (χ0n) is 10.8. The summed E-state index contributed by atoms with van der Waals surface area (Å²) in [5, 5.41) is 7.13. The Balaban J connectivity index is 1.72. The zero-order valence-corrected chi connectivity index (χ0v) is 10.8. The summed E-state index contributed by atoms with van der Waals surface area (Å²) in [5.74, 6) is 0.613. The topological polar surface area (TPSA) is 58.2 Å². The Hall–Kier alpha value is -1.36. The molecule has 1 saturated heterocycles. The van der Waals surface area contributed by atoms with Crippen molar-refractivity contribution < 1.29 is 9.53 Å². The Bertz CT molecular complexity index is 443. The second-order valence-electron chi connectivity index (χ2n) is 5.45. The van der Waals surface area contributed by atoms with Gasteiger partial charge in [0.15, 0.2) is 0 Å². The van der Waals surface area contributed by atoms with Crippen LogP contribution in [0.3, 0.4) is 0 Å². The number of nitrogens with one attached hydrogen (secondary N) is 1. The van der Waals surface area contributed by atoms with Crippen molar-refractivity contribution in [2.45, 2.75) is 44.8 Å². The quantitative estimate of drug-likeness (QED) is 0.865. The van der Waals surface area contributed by atoms with Gasteiger partial charge in [-0.25, -0.2) is 0 Å². The second kappa shape index (κ2) is 4.39. The highest BCUT2D eigenvalue weighted by Gasteiger charge is 2.30. The fraction of sp³-hybridized carbons (Fsp3) is 0.692. The molecule has 0 unspecified atom stereocenters. The van der Waals surface area contributed by atoms with Crippen LogP contribution in [0.15, 0.2) is 6.07 Å². The standard InChI is InChI=1S/C13H19N3O2/c1-8-6-16(7-9(2)18-8)13(17)12-5-11(14-15-12)10-3-4-10/h5,8-10H,3-4,6-7H2,1-2H3,(H,14,15)/t8-,9-/m0/s1. The molecule has 1 N–H and O–H groups in total. The van der Waals surface area contributed by atoms with E-state index in [2.05, 4.69) is 10.2 Å². The van der Waals surface area contributed by atoms with Gasteiger partial charge in [-0.1, -0.05) is 0 Å². The van der Waals surface area contributed by atoms with E-state index in [-0.39, 0.29) is 18.1 Å². The average Bonchev–Trinajstić information content (AvgIpc) is 3.05. The van der Waals surface area contributed by atoms with Crippen LogP contribution in [-0.2, 0) is 4.74 Å². The lowest BCUT2D eigenvalue weighted by molar-refractivity contribution is -0.0587. The fourth-order valence-corrected chi connectivity index (χ4v) is 2.56. The van der Waals surface area contributed by atoms with Crippen molar-refractivity contribution >= 4 is 5.91 Å². The highest BCUT2D eigenvalue weighted by Crippen LogP contribution is 2.39. The molecule has 5 nitrogen and oxygen atoms in total. The Morgan fingerprint density at radius 3 is 2.67 bits per heavy atom. The third-order valence-corrected chi connectivity index (χ3v) is 3.54. The first-order valence-electron chi connectivity index (χ1n) is 6.63. The Morgan fingerprint density at radius 2 is 2.06 bits per heavy atom. The third-order valence-electron chi connectivity index (χ3n) is 3.54. The normalized spacial score (nSPS) is 28.4. The summed E-state index contributed by atoms with van der Waals surface area (Å²) in [5.41, 5.74) is 1.64. The van der Waals surface area contributed by atoms with Crippen molar-refractivity contribution in [2.75, 3.05) is 13.1 Å². The van der Waals surface area contributed by atoms with Crippen LogP contribution in [0.25, 0.3) is 0 Å². The monoisotopic (exact) mass is 249 g/mol. The van der Waals surface area contributed by atoms with Crippen LogP contribution < -0.4 is 0 Å². The molecular formula is C13H19N3O2. The number of aromatic amines is 1. The number of morpholine rings is 1. The van der Waals surface area contributed by atoms with Gasteiger partial charge < -0.3 is 9.64 Å². The number of carbonyl (C=O) groups excluding carboxylic acids is 1. The van der Waals surface area contributed by atoms with Crippen molar-refractivity contribution in [3.05, 3.63) is 17.5 Å². The molecule has 1 aliphatic carbocycles. The predicted molar refractivity (Wildman–Crippen MR) is 66.5 cm³/mol. The number of H-pyrrole nitrogens is 1. The van der Waals surface area contributed by atoms with Gasteiger partial charge in [0.1, 0.15) is 5.69 Å². The summed E-state index contributed by atoms with van der Waals surface area (Å²) in [4.78, 5) is 14.2. The molecule has 1 saturated carbocycles. The maximum atomic E-state index is 12.3. The second-order valence-corrected chi connectivity index (χ2v) is 5.45. The van der Waals surface area contributed by atoms with Crippen molar-refractivity contribution in [3.8, 4) is 0 Å². The van der Waals surface area contributed by atoms with Crippen LogP contribution >= 0.6 is 0 Å².